The molecule has 1 aromatic rings. The number of alkyl halides is 1. The van der Waals surface area contributed by atoms with Crippen molar-refractivity contribution in [3.63, 3.8) is 0 Å². The van der Waals surface area contributed by atoms with Gasteiger partial charge < -0.3 is 0 Å². The maximum Gasteiger partial charge on any atom is 0.0544 e. The molecule has 1 aliphatic rings. The summed E-state index contributed by atoms with van der Waals surface area (Å²) in [5, 5.41) is 0. The molecular weight excluding hydrogens is 299 g/mol. The molecule has 0 atom stereocenters. The Hall–Kier alpha value is -0.160. The molecule has 0 saturated carbocycles. The van der Waals surface area contributed by atoms with Crippen LogP contribution in [0.1, 0.15) is 24.1 Å². The van der Waals surface area contributed by atoms with Gasteiger partial charge in [-0.15, -0.1) is 0 Å². The van der Waals surface area contributed by atoms with Crippen LogP contribution in [0.4, 0.5) is 0 Å². The fraction of sp³-hybridized carbons (Fsp3) is 0.583. The minimum atomic E-state index is 0.879. The molecule has 0 bridgehead atoms. The van der Waals surface area contributed by atoms with Crippen LogP contribution in [0.25, 0.3) is 0 Å². The number of likely N-dealkylation sites (tertiary alicyclic amines) is 1. The summed E-state index contributed by atoms with van der Waals surface area (Å²) in [6, 6.07) is 4.29. The number of rotatable bonds is 2. The molecule has 1 saturated heterocycles. The minimum Gasteiger partial charge on any atom is -0.297 e. The Bertz CT molecular complexity index is 302. The van der Waals surface area contributed by atoms with Crippen LogP contribution in [0.15, 0.2) is 18.3 Å². The zero-order chi connectivity index (χ0) is 10.7. The van der Waals surface area contributed by atoms with Gasteiger partial charge in [0.2, 0.25) is 0 Å². The molecule has 0 unspecified atom stereocenters. The smallest absolute Gasteiger partial charge is 0.0544 e. The van der Waals surface area contributed by atoms with E-state index in [1.165, 1.54) is 37.2 Å². The lowest BCUT2D eigenvalue weighted by molar-refractivity contribution is 0.225. The Morgan fingerprint density at radius 3 is 2.73 bits per heavy atom. The monoisotopic (exact) mass is 316 g/mol. The van der Waals surface area contributed by atoms with Gasteiger partial charge in [-0.1, -0.05) is 28.7 Å². The Morgan fingerprint density at radius 2 is 2.13 bits per heavy atom. The number of nitrogens with zero attached hydrogens (tertiary/aromatic N) is 2. The van der Waals surface area contributed by atoms with Crippen molar-refractivity contribution in [3.8, 4) is 0 Å². The van der Waals surface area contributed by atoms with Crippen molar-refractivity contribution in [1.82, 2.24) is 9.88 Å². The summed E-state index contributed by atoms with van der Waals surface area (Å²) in [4.78, 5) is 6.95. The number of aryl methyl sites for hydroxylation is 1. The molecule has 2 nitrogen and oxygen atoms in total. The van der Waals surface area contributed by atoms with Crippen molar-refractivity contribution in [2.75, 3.05) is 13.1 Å². The maximum absolute atomic E-state index is 4.45. The van der Waals surface area contributed by atoms with E-state index < -0.39 is 0 Å². The summed E-state index contributed by atoms with van der Waals surface area (Å²) >= 11 is 2.56. The Balaban J connectivity index is 1.89. The molecule has 0 aromatic carbocycles. The van der Waals surface area contributed by atoms with Gasteiger partial charge in [0.25, 0.3) is 0 Å². The molecule has 1 fully saturated rings. The first-order chi connectivity index (χ1) is 7.24. The lowest BCUT2D eigenvalue weighted by atomic mass is 10.1. The van der Waals surface area contributed by atoms with E-state index in [0.717, 1.165) is 10.5 Å². The van der Waals surface area contributed by atoms with Gasteiger partial charge in [0.1, 0.15) is 0 Å². The summed E-state index contributed by atoms with van der Waals surface area (Å²) < 4.78 is 0.879. The van der Waals surface area contributed by atoms with E-state index in [4.69, 9.17) is 0 Å². The van der Waals surface area contributed by atoms with E-state index in [-0.39, 0.29) is 0 Å². The second kappa shape index (κ2) is 5.25. The predicted molar refractivity (Wildman–Crippen MR) is 71.3 cm³/mol. The molecule has 3 heteroatoms. The summed E-state index contributed by atoms with van der Waals surface area (Å²) in [6.45, 7) is 5.55. The first kappa shape index (κ1) is 11.3. The zero-order valence-corrected chi connectivity index (χ0v) is 11.3. The predicted octanol–water partition coefficient (Wildman–Crippen LogP) is 2.79. The van der Waals surface area contributed by atoms with Crippen molar-refractivity contribution in [1.29, 1.82) is 0 Å². The van der Waals surface area contributed by atoms with E-state index >= 15 is 0 Å². The fourth-order valence-corrected chi connectivity index (χ4v) is 2.44. The van der Waals surface area contributed by atoms with Gasteiger partial charge in [-0.05, 0) is 44.5 Å². The van der Waals surface area contributed by atoms with Gasteiger partial charge in [0.05, 0.1) is 5.69 Å². The van der Waals surface area contributed by atoms with Crippen molar-refractivity contribution in [3.05, 3.63) is 29.6 Å². The van der Waals surface area contributed by atoms with Gasteiger partial charge in [0, 0.05) is 16.7 Å². The standard InChI is InChI=1S/C12H17IN2/c1-10-2-3-12(14-8-10)9-15-6-4-11(13)5-7-15/h2-3,8,11H,4-7,9H2,1H3. The maximum atomic E-state index is 4.45. The second-order valence-corrected chi connectivity index (χ2v) is 6.04. The lowest BCUT2D eigenvalue weighted by Crippen LogP contribution is -2.33. The lowest BCUT2D eigenvalue weighted by Gasteiger charge is -2.28. The normalized spacial score (nSPS) is 19.3. The van der Waals surface area contributed by atoms with Crippen molar-refractivity contribution in [2.24, 2.45) is 0 Å². The van der Waals surface area contributed by atoms with E-state index in [1.54, 1.807) is 0 Å². The highest BCUT2D eigenvalue weighted by Crippen LogP contribution is 2.19. The van der Waals surface area contributed by atoms with E-state index in [2.05, 4.69) is 51.5 Å². The highest BCUT2D eigenvalue weighted by atomic mass is 127. The van der Waals surface area contributed by atoms with Gasteiger partial charge in [-0.2, -0.15) is 0 Å². The Kier molecular flexibility index (Phi) is 3.97. The van der Waals surface area contributed by atoms with Crippen LogP contribution in [0, 0.1) is 6.92 Å². The Morgan fingerprint density at radius 1 is 1.40 bits per heavy atom. The highest BCUT2D eigenvalue weighted by Gasteiger charge is 2.16. The molecule has 0 spiro atoms. The van der Waals surface area contributed by atoms with Crippen LogP contribution in [0.3, 0.4) is 0 Å². The van der Waals surface area contributed by atoms with Crippen molar-refractivity contribution in [2.45, 2.75) is 30.2 Å². The summed E-state index contributed by atoms with van der Waals surface area (Å²) in [5.41, 5.74) is 2.44. The number of hydrogen-bond donors (Lipinski definition) is 0. The van der Waals surface area contributed by atoms with Crippen LogP contribution in [0.2, 0.25) is 0 Å². The molecule has 2 rings (SSSR count). The summed E-state index contributed by atoms with van der Waals surface area (Å²) in [7, 11) is 0. The van der Waals surface area contributed by atoms with Crippen LogP contribution in [0.5, 0.6) is 0 Å². The summed E-state index contributed by atoms with van der Waals surface area (Å²) in [6.07, 6.45) is 4.61. The molecule has 2 heterocycles. The van der Waals surface area contributed by atoms with Gasteiger partial charge in [0.15, 0.2) is 0 Å². The first-order valence-corrected chi connectivity index (χ1v) is 6.76. The number of aromatic nitrogens is 1. The van der Waals surface area contributed by atoms with Crippen LogP contribution < -0.4 is 0 Å². The molecule has 0 radical (unpaired) electrons. The van der Waals surface area contributed by atoms with E-state index in [0.29, 0.717) is 0 Å². The molecule has 82 valence electrons. The molecular formula is C12H17IN2. The van der Waals surface area contributed by atoms with Gasteiger partial charge in [-0.3, -0.25) is 9.88 Å². The molecule has 1 aliphatic heterocycles. The molecule has 1 aromatic heterocycles. The topological polar surface area (TPSA) is 16.1 Å². The number of halogens is 1. The van der Waals surface area contributed by atoms with Crippen LogP contribution in [-0.4, -0.2) is 26.9 Å². The Labute approximate surface area is 105 Å². The van der Waals surface area contributed by atoms with Gasteiger partial charge in [-0.25, -0.2) is 0 Å². The largest absolute Gasteiger partial charge is 0.297 e. The van der Waals surface area contributed by atoms with E-state index in [9.17, 15) is 0 Å². The molecule has 15 heavy (non-hydrogen) atoms. The average Bonchev–Trinajstić information content (AvgIpc) is 2.25. The first-order valence-electron chi connectivity index (χ1n) is 5.52. The van der Waals surface area contributed by atoms with E-state index in [1.807, 2.05) is 6.20 Å². The van der Waals surface area contributed by atoms with Gasteiger partial charge >= 0.3 is 0 Å². The number of piperidine rings is 1. The SMILES string of the molecule is Cc1ccc(CN2CCC(I)CC2)nc1. The number of hydrogen-bond acceptors (Lipinski definition) is 2. The van der Waals surface area contributed by atoms with Crippen LogP contribution >= 0.6 is 22.6 Å². The number of pyridine rings is 1. The van der Waals surface area contributed by atoms with Crippen molar-refractivity contribution >= 4 is 22.6 Å². The fourth-order valence-electron chi connectivity index (χ4n) is 1.88. The average molecular weight is 316 g/mol. The third-order valence-corrected chi connectivity index (χ3v) is 4.12. The molecule has 0 aliphatic carbocycles. The quantitative estimate of drug-likeness (QED) is 0.616. The third kappa shape index (κ3) is 3.41. The molecule has 0 amide bonds. The zero-order valence-electron chi connectivity index (χ0n) is 9.12. The third-order valence-electron chi connectivity index (χ3n) is 2.88. The second-order valence-electron chi connectivity index (χ2n) is 4.28. The van der Waals surface area contributed by atoms with Crippen molar-refractivity contribution < 1.29 is 0 Å². The summed E-state index contributed by atoms with van der Waals surface area (Å²) in [5.74, 6) is 0. The highest BCUT2D eigenvalue weighted by molar-refractivity contribution is 14.1. The minimum absolute atomic E-state index is 0.879. The molecule has 0 N–H and O–H groups in total. The van der Waals surface area contributed by atoms with Crippen LogP contribution in [-0.2, 0) is 6.54 Å².